The Morgan fingerprint density at radius 1 is 1.20 bits per heavy atom. The van der Waals surface area contributed by atoms with Crippen LogP contribution in [0, 0.1) is 11.3 Å². The Morgan fingerprint density at radius 3 is 2.64 bits per heavy atom. The fourth-order valence-electron chi connectivity index (χ4n) is 3.23. The average molecular weight is 360 g/mol. The highest BCUT2D eigenvalue weighted by molar-refractivity contribution is 8.00. The van der Waals surface area contributed by atoms with Crippen LogP contribution >= 0.6 is 11.8 Å². The zero-order valence-corrected chi connectivity index (χ0v) is 15.4. The van der Waals surface area contributed by atoms with Gasteiger partial charge >= 0.3 is 0 Å². The molecule has 1 atom stereocenters. The summed E-state index contributed by atoms with van der Waals surface area (Å²) in [5.74, 6) is 1.40. The standard InChI is InChI=1S/C19H24N2O3S/c1-14(18(22)21-19(13-20)8-3-2-4-9-19)25-15-6-7-16-17(12-15)24-11-5-10-23-16/h6-7,12,14H,2-5,8-11H2,1H3,(H,21,22). The molecule has 134 valence electrons. The molecule has 6 heteroatoms. The fraction of sp³-hybridized carbons (Fsp3) is 0.579. The fourth-order valence-corrected chi connectivity index (χ4v) is 4.13. The number of nitriles is 1. The second-order valence-electron chi connectivity index (χ2n) is 6.66. The van der Waals surface area contributed by atoms with Gasteiger partial charge in [-0.15, -0.1) is 11.8 Å². The van der Waals surface area contributed by atoms with E-state index in [9.17, 15) is 10.1 Å². The minimum Gasteiger partial charge on any atom is -0.490 e. The largest absolute Gasteiger partial charge is 0.490 e. The predicted octanol–water partition coefficient (Wildman–Crippen LogP) is 3.67. The van der Waals surface area contributed by atoms with Crippen molar-refractivity contribution in [1.29, 1.82) is 5.26 Å². The third-order valence-electron chi connectivity index (χ3n) is 4.68. The van der Waals surface area contributed by atoms with Crippen molar-refractivity contribution in [2.24, 2.45) is 0 Å². The van der Waals surface area contributed by atoms with Crippen LogP contribution in [0.3, 0.4) is 0 Å². The van der Waals surface area contributed by atoms with E-state index in [1.165, 1.54) is 11.8 Å². The summed E-state index contributed by atoms with van der Waals surface area (Å²) in [7, 11) is 0. The molecule has 1 amide bonds. The van der Waals surface area contributed by atoms with Crippen molar-refractivity contribution < 1.29 is 14.3 Å². The lowest BCUT2D eigenvalue weighted by atomic mass is 9.83. The summed E-state index contributed by atoms with van der Waals surface area (Å²) in [5.41, 5.74) is -0.686. The highest BCUT2D eigenvalue weighted by atomic mass is 32.2. The Hall–Kier alpha value is -1.87. The molecule has 25 heavy (non-hydrogen) atoms. The van der Waals surface area contributed by atoms with Gasteiger partial charge in [0.25, 0.3) is 0 Å². The number of ether oxygens (including phenoxy) is 2. The summed E-state index contributed by atoms with van der Waals surface area (Å²) in [6, 6.07) is 8.10. The van der Waals surface area contributed by atoms with Crippen molar-refractivity contribution >= 4 is 17.7 Å². The topological polar surface area (TPSA) is 71.3 Å². The van der Waals surface area contributed by atoms with Gasteiger partial charge in [-0.1, -0.05) is 19.3 Å². The number of hydrogen-bond acceptors (Lipinski definition) is 5. The molecular weight excluding hydrogens is 336 g/mol. The summed E-state index contributed by atoms with van der Waals surface area (Å²) in [6.07, 6.45) is 5.50. The second-order valence-corrected chi connectivity index (χ2v) is 8.08. The van der Waals surface area contributed by atoms with E-state index in [0.717, 1.165) is 54.9 Å². The maximum absolute atomic E-state index is 12.6. The molecule has 0 spiro atoms. The number of rotatable bonds is 4. The number of benzene rings is 1. The van der Waals surface area contributed by atoms with Crippen molar-refractivity contribution in [1.82, 2.24) is 5.32 Å². The number of amides is 1. The number of carbonyl (C=O) groups is 1. The molecule has 1 aromatic carbocycles. The van der Waals surface area contributed by atoms with Crippen molar-refractivity contribution in [3.8, 4) is 17.6 Å². The first-order chi connectivity index (χ1) is 12.1. The Bertz CT molecular complexity index is 665. The number of hydrogen-bond donors (Lipinski definition) is 1. The van der Waals surface area contributed by atoms with Crippen LogP contribution in [-0.2, 0) is 4.79 Å². The van der Waals surface area contributed by atoms with Crippen LogP contribution in [0.5, 0.6) is 11.5 Å². The molecule has 1 aliphatic heterocycles. The summed E-state index contributed by atoms with van der Waals surface area (Å²) >= 11 is 1.47. The number of fused-ring (bicyclic) bond motifs is 1. The molecule has 1 aliphatic carbocycles. The zero-order chi connectivity index (χ0) is 17.7. The van der Waals surface area contributed by atoms with Gasteiger partial charge in [0.15, 0.2) is 11.5 Å². The molecule has 0 aromatic heterocycles. The quantitative estimate of drug-likeness (QED) is 0.830. The Labute approximate surface area is 153 Å². The molecule has 1 aromatic rings. The Morgan fingerprint density at radius 2 is 1.92 bits per heavy atom. The van der Waals surface area contributed by atoms with E-state index in [2.05, 4.69) is 11.4 Å². The molecule has 1 heterocycles. The Balaban J connectivity index is 1.63. The third kappa shape index (κ3) is 4.40. The van der Waals surface area contributed by atoms with E-state index in [1.54, 1.807) is 0 Å². The predicted molar refractivity (Wildman–Crippen MR) is 96.9 cm³/mol. The molecule has 5 nitrogen and oxygen atoms in total. The zero-order valence-electron chi connectivity index (χ0n) is 14.5. The van der Waals surface area contributed by atoms with Gasteiger partial charge < -0.3 is 14.8 Å². The van der Waals surface area contributed by atoms with Gasteiger partial charge in [0.1, 0.15) is 5.54 Å². The smallest absolute Gasteiger partial charge is 0.234 e. The highest BCUT2D eigenvalue weighted by Gasteiger charge is 2.34. The van der Waals surface area contributed by atoms with E-state index in [-0.39, 0.29) is 11.2 Å². The van der Waals surface area contributed by atoms with Gasteiger partial charge in [-0.05, 0) is 38.0 Å². The normalized spacial score (nSPS) is 20.0. The minimum atomic E-state index is -0.686. The van der Waals surface area contributed by atoms with Crippen molar-refractivity contribution in [2.75, 3.05) is 13.2 Å². The van der Waals surface area contributed by atoms with E-state index in [0.29, 0.717) is 13.2 Å². The van der Waals surface area contributed by atoms with Gasteiger partial charge in [0.2, 0.25) is 5.91 Å². The van der Waals surface area contributed by atoms with Gasteiger partial charge in [-0.25, -0.2) is 0 Å². The molecule has 0 bridgehead atoms. The minimum absolute atomic E-state index is 0.0828. The van der Waals surface area contributed by atoms with E-state index < -0.39 is 5.54 Å². The van der Waals surface area contributed by atoms with Crippen LogP contribution in [0.1, 0.15) is 45.4 Å². The molecule has 3 rings (SSSR count). The maximum atomic E-state index is 12.6. The third-order valence-corrected chi connectivity index (χ3v) is 5.78. The number of carbonyl (C=O) groups excluding carboxylic acids is 1. The molecule has 2 aliphatic rings. The first kappa shape index (κ1) is 17.9. The van der Waals surface area contributed by atoms with Gasteiger partial charge in [0, 0.05) is 11.3 Å². The van der Waals surface area contributed by atoms with Crippen LogP contribution in [0.2, 0.25) is 0 Å². The molecule has 1 N–H and O–H groups in total. The first-order valence-corrected chi connectivity index (χ1v) is 9.79. The average Bonchev–Trinajstić information content (AvgIpc) is 2.87. The first-order valence-electron chi connectivity index (χ1n) is 8.91. The lowest BCUT2D eigenvalue weighted by molar-refractivity contribution is -0.121. The molecule has 0 radical (unpaired) electrons. The lowest BCUT2D eigenvalue weighted by Crippen LogP contribution is -2.50. The number of nitrogens with one attached hydrogen (secondary N) is 1. The lowest BCUT2D eigenvalue weighted by Gasteiger charge is -2.32. The van der Waals surface area contributed by atoms with E-state index in [1.807, 2.05) is 25.1 Å². The van der Waals surface area contributed by atoms with Gasteiger partial charge in [-0.2, -0.15) is 5.26 Å². The van der Waals surface area contributed by atoms with Crippen molar-refractivity contribution in [3.63, 3.8) is 0 Å². The SMILES string of the molecule is CC(Sc1ccc2c(c1)OCCCO2)C(=O)NC1(C#N)CCCCC1. The van der Waals surface area contributed by atoms with Gasteiger partial charge in [-0.3, -0.25) is 4.79 Å². The molecule has 0 saturated heterocycles. The monoisotopic (exact) mass is 360 g/mol. The van der Waals surface area contributed by atoms with Gasteiger partial charge in [0.05, 0.1) is 24.5 Å². The maximum Gasteiger partial charge on any atom is 0.234 e. The van der Waals surface area contributed by atoms with Crippen molar-refractivity contribution in [3.05, 3.63) is 18.2 Å². The summed E-state index contributed by atoms with van der Waals surface area (Å²) < 4.78 is 11.3. The van der Waals surface area contributed by atoms with Crippen LogP contribution in [0.25, 0.3) is 0 Å². The van der Waals surface area contributed by atoms with E-state index in [4.69, 9.17) is 9.47 Å². The van der Waals surface area contributed by atoms with Crippen molar-refractivity contribution in [2.45, 2.75) is 61.1 Å². The molecule has 1 unspecified atom stereocenters. The van der Waals surface area contributed by atoms with Crippen LogP contribution < -0.4 is 14.8 Å². The summed E-state index contributed by atoms with van der Waals surface area (Å²) in [4.78, 5) is 13.5. The second kappa shape index (κ2) is 8.01. The molecular formula is C19H24N2O3S. The van der Waals surface area contributed by atoms with Crippen LogP contribution in [0.15, 0.2) is 23.1 Å². The molecule has 1 fully saturated rings. The Kier molecular flexibility index (Phi) is 5.74. The summed E-state index contributed by atoms with van der Waals surface area (Å²) in [5, 5.41) is 12.2. The van der Waals surface area contributed by atoms with E-state index >= 15 is 0 Å². The van der Waals surface area contributed by atoms with Crippen LogP contribution in [0.4, 0.5) is 0 Å². The molecule has 1 saturated carbocycles. The number of nitrogens with zero attached hydrogens (tertiary/aromatic N) is 1. The highest BCUT2D eigenvalue weighted by Crippen LogP contribution is 2.35. The number of thioether (sulfide) groups is 1. The summed E-state index contributed by atoms with van der Waals surface area (Å²) in [6.45, 7) is 3.17. The van der Waals surface area contributed by atoms with Crippen LogP contribution in [-0.4, -0.2) is 29.9 Å².